The summed E-state index contributed by atoms with van der Waals surface area (Å²) >= 11 is 0. The molecule has 1 saturated heterocycles. The van der Waals surface area contributed by atoms with E-state index in [2.05, 4.69) is 34.3 Å². The SMILES string of the molecule is CC(C)Oc1ccc(C(CN2CCNCC2)N(C)CCO)cc1. The largest absolute Gasteiger partial charge is 0.491 e. The quantitative estimate of drug-likeness (QED) is 0.757. The van der Waals surface area contributed by atoms with Crippen LogP contribution in [0.25, 0.3) is 0 Å². The fourth-order valence-corrected chi connectivity index (χ4v) is 2.99. The van der Waals surface area contributed by atoms with E-state index >= 15 is 0 Å². The van der Waals surface area contributed by atoms with E-state index in [1.807, 2.05) is 26.0 Å². The van der Waals surface area contributed by atoms with Crippen LogP contribution in [0.1, 0.15) is 25.5 Å². The van der Waals surface area contributed by atoms with Gasteiger partial charge in [-0.05, 0) is 38.6 Å². The molecule has 2 rings (SSSR count). The summed E-state index contributed by atoms with van der Waals surface area (Å²) in [5, 5.41) is 12.7. The van der Waals surface area contributed by atoms with Crippen LogP contribution in [0.2, 0.25) is 0 Å². The molecule has 0 spiro atoms. The summed E-state index contributed by atoms with van der Waals surface area (Å²) in [6.45, 7) is 10.2. The lowest BCUT2D eigenvalue weighted by Gasteiger charge is -2.35. The molecule has 1 unspecified atom stereocenters. The van der Waals surface area contributed by atoms with Crippen molar-refractivity contribution in [3.8, 4) is 5.75 Å². The number of hydrogen-bond acceptors (Lipinski definition) is 5. The molecule has 0 saturated carbocycles. The molecule has 1 atom stereocenters. The molecule has 1 fully saturated rings. The van der Waals surface area contributed by atoms with Crippen molar-refractivity contribution >= 4 is 0 Å². The second-order valence-corrected chi connectivity index (χ2v) is 6.51. The third kappa shape index (κ3) is 5.77. The second kappa shape index (κ2) is 9.23. The number of aliphatic hydroxyl groups is 1. The number of nitrogens with zero attached hydrogens (tertiary/aromatic N) is 2. The minimum atomic E-state index is 0.184. The Balaban J connectivity index is 2.08. The van der Waals surface area contributed by atoms with Crippen LogP contribution in [0.5, 0.6) is 5.75 Å². The molecule has 5 heteroatoms. The predicted molar refractivity (Wildman–Crippen MR) is 94.0 cm³/mol. The molecule has 0 bridgehead atoms. The topological polar surface area (TPSA) is 48.0 Å². The van der Waals surface area contributed by atoms with Gasteiger partial charge in [-0.15, -0.1) is 0 Å². The monoisotopic (exact) mass is 321 g/mol. The average Bonchev–Trinajstić information content (AvgIpc) is 2.54. The first kappa shape index (κ1) is 18.2. The first-order valence-electron chi connectivity index (χ1n) is 8.61. The maximum absolute atomic E-state index is 9.30. The van der Waals surface area contributed by atoms with Crippen LogP contribution in [0.4, 0.5) is 0 Å². The fraction of sp³-hybridized carbons (Fsp3) is 0.667. The Morgan fingerprint density at radius 2 is 1.87 bits per heavy atom. The van der Waals surface area contributed by atoms with E-state index in [0.717, 1.165) is 38.5 Å². The lowest BCUT2D eigenvalue weighted by molar-refractivity contribution is 0.130. The molecule has 0 radical (unpaired) electrons. The van der Waals surface area contributed by atoms with Gasteiger partial charge in [-0.2, -0.15) is 0 Å². The van der Waals surface area contributed by atoms with Crippen molar-refractivity contribution in [1.82, 2.24) is 15.1 Å². The Kier molecular flexibility index (Phi) is 7.30. The van der Waals surface area contributed by atoms with Crippen molar-refractivity contribution in [2.24, 2.45) is 0 Å². The van der Waals surface area contributed by atoms with Crippen molar-refractivity contribution in [3.05, 3.63) is 29.8 Å². The summed E-state index contributed by atoms with van der Waals surface area (Å²) in [7, 11) is 2.08. The molecule has 0 aromatic heterocycles. The molecule has 2 N–H and O–H groups in total. The van der Waals surface area contributed by atoms with Gasteiger partial charge in [0.15, 0.2) is 0 Å². The molecule has 1 aliphatic heterocycles. The maximum Gasteiger partial charge on any atom is 0.119 e. The van der Waals surface area contributed by atoms with Crippen molar-refractivity contribution in [2.45, 2.75) is 26.0 Å². The average molecular weight is 321 g/mol. The minimum absolute atomic E-state index is 0.184. The summed E-state index contributed by atoms with van der Waals surface area (Å²) in [4.78, 5) is 4.73. The highest BCUT2D eigenvalue weighted by Gasteiger charge is 2.21. The summed E-state index contributed by atoms with van der Waals surface area (Å²) in [5.41, 5.74) is 1.27. The van der Waals surface area contributed by atoms with Crippen molar-refractivity contribution in [3.63, 3.8) is 0 Å². The van der Waals surface area contributed by atoms with Gasteiger partial charge in [0.1, 0.15) is 5.75 Å². The van der Waals surface area contributed by atoms with Crippen LogP contribution in [0.3, 0.4) is 0 Å². The molecule has 1 heterocycles. The van der Waals surface area contributed by atoms with Gasteiger partial charge in [-0.1, -0.05) is 12.1 Å². The highest BCUT2D eigenvalue weighted by Crippen LogP contribution is 2.24. The van der Waals surface area contributed by atoms with Crippen molar-refractivity contribution < 1.29 is 9.84 Å². The van der Waals surface area contributed by atoms with Crippen LogP contribution in [0, 0.1) is 0 Å². The second-order valence-electron chi connectivity index (χ2n) is 6.51. The Morgan fingerprint density at radius 3 is 2.43 bits per heavy atom. The van der Waals surface area contributed by atoms with E-state index in [1.54, 1.807) is 0 Å². The predicted octanol–water partition coefficient (Wildman–Crippen LogP) is 1.34. The molecule has 1 aromatic carbocycles. The van der Waals surface area contributed by atoms with Gasteiger partial charge in [0, 0.05) is 45.3 Å². The Hall–Kier alpha value is -1.14. The van der Waals surface area contributed by atoms with Gasteiger partial charge in [0.05, 0.1) is 12.7 Å². The third-order valence-corrected chi connectivity index (χ3v) is 4.26. The van der Waals surface area contributed by atoms with Gasteiger partial charge >= 0.3 is 0 Å². The van der Waals surface area contributed by atoms with Crippen molar-refractivity contribution in [2.75, 3.05) is 52.9 Å². The smallest absolute Gasteiger partial charge is 0.119 e. The van der Waals surface area contributed by atoms with E-state index in [0.29, 0.717) is 6.54 Å². The molecule has 130 valence electrons. The lowest BCUT2D eigenvalue weighted by Crippen LogP contribution is -2.47. The summed E-state index contributed by atoms with van der Waals surface area (Å²) in [6.07, 6.45) is 0.189. The molecular formula is C18H31N3O2. The molecule has 5 nitrogen and oxygen atoms in total. The van der Waals surface area contributed by atoms with Crippen LogP contribution >= 0.6 is 0 Å². The molecule has 1 aliphatic rings. The summed E-state index contributed by atoms with van der Waals surface area (Å²) in [6, 6.07) is 8.68. The summed E-state index contributed by atoms with van der Waals surface area (Å²) in [5.74, 6) is 0.912. The highest BCUT2D eigenvalue weighted by atomic mass is 16.5. The molecule has 1 aromatic rings. The zero-order chi connectivity index (χ0) is 16.7. The Bertz CT molecular complexity index is 444. The Morgan fingerprint density at radius 1 is 1.22 bits per heavy atom. The first-order valence-corrected chi connectivity index (χ1v) is 8.61. The normalized spacial score (nSPS) is 17.7. The van der Waals surface area contributed by atoms with E-state index in [4.69, 9.17) is 4.74 Å². The standard InChI is InChI=1S/C18H31N3O2/c1-15(2)23-17-6-4-16(5-7-17)18(20(3)12-13-22)14-21-10-8-19-9-11-21/h4-7,15,18-19,22H,8-14H2,1-3H3. The van der Waals surface area contributed by atoms with E-state index in [-0.39, 0.29) is 18.8 Å². The van der Waals surface area contributed by atoms with Crippen LogP contribution in [-0.4, -0.2) is 73.9 Å². The Labute approximate surface area is 140 Å². The molecule has 0 amide bonds. The number of hydrogen-bond donors (Lipinski definition) is 2. The number of likely N-dealkylation sites (N-methyl/N-ethyl adjacent to an activating group) is 1. The van der Waals surface area contributed by atoms with Crippen molar-refractivity contribution in [1.29, 1.82) is 0 Å². The molecule has 23 heavy (non-hydrogen) atoms. The van der Waals surface area contributed by atoms with E-state index in [1.165, 1.54) is 5.56 Å². The number of piperazine rings is 1. The maximum atomic E-state index is 9.30. The van der Waals surface area contributed by atoms with Crippen LogP contribution < -0.4 is 10.1 Å². The zero-order valence-electron chi connectivity index (χ0n) is 14.7. The van der Waals surface area contributed by atoms with E-state index < -0.39 is 0 Å². The molecular weight excluding hydrogens is 290 g/mol. The highest BCUT2D eigenvalue weighted by molar-refractivity contribution is 5.29. The van der Waals surface area contributed by atoms with Gasteiger partial charge < -0.3 is 15.2 Å². The van der Waals surface area contributed by atoms with Gasteiger partial charge in [0.2, 0.25) is 0 Å². The molecule has 0 aliphatic carbocycles. The number of aliphatic hydroxyl groups excluding tert-OH is 1. The fourth-order valence-electron chi connectivity index (χ4n) is 2.99. The summed E-state index contributed by atoms with van der Waals surface area (Å²) < 4.78 is 5.73. The number of rotatable bonds is 8. The van der Waals surface area contributed by atoms with Gasteiger partial charge in [-0.3, -0.25) is 9.80 Å². The van der Waals surface area contributed by atoms with Crippen LogP contribution in [-0.2, 0) is 0 Å². The zero-order valence-corrected chi connectivity index (χ0v) is 14.7. The van der Waals surface area contributed by atoms with Crippen LogP contribution in [0.15, 0.2) is 24.3 Å². The minimum Gasteiger partial charge on any atom is -0.491 e. The first-order chi connectivity index (χ1) is 11.1. The number of ether oxygens (including phenoxy) is 1. The number of nitrogens with one attached hydrogen (secondary N) is 1. The van der Waals surface area contributed by atoms with E-state index in [9.17, 15) is 5.11 Å². The van der Waals surface area contributed by atoms with Gasteiger partial charge in [0.25, 0.3) is 0 Å². The third-order valence-electron chi connectivity index (χ3n) is 4.26. The lowest BCUT2D eigenvalue weighted by atomic mass is 10.0. The number of benzene rings is 1. The van der Waals surface area contributed by atoms with Gasteiger partial charge in [-0.25, -0.2) is 0 Å².